The van der Waals surface area contributed by atoms with Crippen molar-refractivity contribution in [3.8, 4) is 0 Å². The molecule has 6 aromatic rings. The van der Waals surface area contributed by atoms with Gasteiger partial charge >= 0.3 is 0 Å². The van der Waals surface area contributed by atoms with Gasteiger partial charge in [-0.15, -0.1) is 11.3 Å². The standard InChI is InChI=1S/C22H13NS/c1-2-6-14-13(5-1)9-10-16-17-11-18-15-7-3-4-8-20(15)24-21(18)12-19(17)23-22(14)16/h1-12,23H. The van der Waals surface area contributed by atoms with Crippen molar-refractivity contribution in [2.75, 3.05) is 0 Å². The molecular formula is C22H13NS. The predicted molar refractivity (Wildman–Crippen MR) is 106 cm³/mol. The average Bonchev–Trinajstić information content (AvgIpc) is 3.17. The van der Waals surface area contributed by atoms with Crippen LogP contribution in [-0.2, 0) is 0 Å². The molecule has 0 radical (unpaired) electrons. The lowest BCUT2D eigenvalue weighted by Gasteiger charge is -1.98. The molecule has 0 spiro atoms. The van der Waals surface area contributed by atoms with Crippen LogP contribution in [0.1, 0.15) is 0 Å². The van der Waals surface area contributed by atoms with Crippen molar-refractivity contribution in [1.29, 1.82) is 0 Å². The van der Waals surface area contributed by atoms with Gasteiger partial charge in [0.15, 0.2) is 0 Å². The minimum atomic E-state index is 1.22. The number of rotatable bonds is 0. The van der Waals surface area contributed by atoms with Crippen LogP contribution < -0.4 is 0 Å². The van der Waals surface area contributed by atoms with Crippen molar-refractivity contribution in [2.45, 2.75) is 0 Å². The van der Waals surface area contributed by atoms with Crippen molar-refractivity contribution in [3.63, 3.8) is 0 Å². The average molecular weight is 323 g/mol. The monoisotopic (exact) mass is 323 g/mol. The van der Waals surface area contributed by atoms with Crippen LogP contribution in [0.15, 0.2) is 72.8 Å². The van der Waals surface area contributed by atoms with Crippen LogP contribution in [0.2, 0.25) is 0 Å². The number of H-pyrrole nitrogens is 1. The number of nitrogens with one attached hydrogen (secondary N) is 1. The molecule has 1 nitrogen and oxygen atoms in total. The third-order valence-corrected chi connectivity index (χ3v) is 6.13. The topological polar surface area (TPSA) is 15.8 Å². The predicted octanol–water partition coefficient (Wildman–Crippen LogP) is 6.84. The van der Waals surface area contributed by atoms with Gasteiger partial charge in [0.05, 0.1) is 5.52 Å². The highest BCUT2D eigenvalue weighted by molar-refractivity contribution is 7.25. The number of hydrogen-bond donors (Lipinski definition) is 1. The highest BCUT2D eigenvalue weighted by Gasteiger charge is 2.11. The minimum absolute atomic E-state index is 1.22. The highest BCUT2D eigenvalue weighted by atomic mass is 32.1. The van der Waals surface area contributed by atoms with Gasteiger partial charge in [0, 0.05) is 41.8 Å². The van der Waals surface area contributed by atoms with E-state index >= 15 is 0 Å². The first-order valence-corrected chi connectivity index (χ1v) is 8.94. The van der Waals surface area contributed by atoms with Gasteiger partial charge < -0.3 is 4.98 Å². The molecule has 2 aromatic heterocycles. The smallest absolute Gasteiger partial charge is 0.0544 e. The van der Waals surface area contributed by atoms with Crippen molar-refractivity contribution >= 4 is 64.1 Å². The Bertz CT molecular complexity index is 1400. The first-order valence-electron chi connectivity index (χ1n) is 8.13. The van der Waals surface area contributed by atoms with E-state index in [-0.39, 0.29) is 0 Å². The second kappa shape index (κ2) is 4.37. The van der Waals surface area contributed by atoms with Gasteiger partial charge in [-0.1, -0.05) is 54.6 Å². The third-order valence-electron chi connectivity index (χ3n) is 5.00. The van der Waals surface area contributed by atoms with E-state index in [9.17, 15) is 0 Å². The fourth-order valence-electron chi connectivity index (χ4n) is 3.86. The SMILES string of the molecule is c1ccc2c(c1)ccc1c3cc4c(cc3[nH]c21)sc1ccccc14. The van der Waals surface area contributed by atoms with Crippen molar-refractivity contribution in [2.24, 2.45) is 0 Å². The first kappa shape index (κ1) is 12.6. The number of benzene rings is 4. The molecule has 4 aromatic carbocycles. The molecule has 1 N–H and O–H groups in total. The summed E-state index contributed by atoms with van der Waals surface area (Å²) >= 11 is 1.87. The van der Waals surface area contributed by atoms with E-state index < -0.39 is 0 Å². The normalized spacial score (nSPS) is 12.2. The Labute approximate surface area is 142 Å². The summed E-state index contributed by atoms with van der Waals surface area (Å²) in [7, 11) is 0. The van der Waals surface area contributed by atoms with Crippen molar-refractivity contribution in [1.82, 2.24) is 4.98 Å². The Morgan fingerprint density at radius 2 is 1.42 bits per heavy atom. The van der Waals surface area contributed by atoms with Crippen molar-refractivity contribution < 1.29 is 0 Å². The largest absolute Gasteiger partial charge is 0.354 e. The van der Waals surface area contributed by atoms with Crippen LogP contribution in [-0.4, -0.2) is 4.98 Å². The van der Waals surface area contributed by atoms with Crippen LogP contribution in [0, 0.1) is 0 Å². The molecule has 0 bridgehead atoms. The second-order valence-electron chi connectivity index (χ2n) is 6.33. The van der Waals surface area contributed by atoms with Crippen LogP contribution in [0.25, 0.3) is 52.8 Å². The van der Waals surface area contributed by atoms with Gasteiger partial charge in [0.25, 0.3) is 0 Å². The van der Waals surface area contributed by atoms with E-state index in [0.717, 1.165) is 0 Å². The van der Waals surface area contributed by atoms with E-state index in [1.165, 1.54) is 52.8 Å². The lowest BCUT2D eigenvalue weighted by Crippen LogP contribution is -1.74. The van der Waals surface area contributed by atoms with Gasteiger partial charge in [-0.2, -0.15) is 0 Å². The minimum Gasteiger partial charge on any atom is -0.354 e. The molecule has 24 heavy (non-hydrogen) atoms. The van der Waals surface area contributed by atoms with E-state index in [1.54, 1.807) is 0 Å². The van der Waals surface area contributed by atoms with Crippen LogP contribution in [0.5, 0.6) is 0 Å². The molecule has 2 heteroatoms. The number of aromatic amines is 1. The fourth-order valence-corrected chi connectivity index (χ4v) is 4.99. The second-order valence-corrected chi connectivity index (χ2v) is 7.41. The summed E-state index contributed by atoms with van der Waals surface area (Å²) in [6, 6.07) is 26.4. The van der Waals surface area contributed by atoms with E-state index in [1.807, 2.05) is 11.3 Å². The van der Waals surface area contributed by atoms with Gasteiger partial charge in [-0.05, 0) is 23.6 Å². The Morgan fingerprint density at radius 3 is 2.38 bits per heavy atom. The van der Waals surface area contributed by atoms with Crippen molar-refractivity contribution in [3.05, 3.63) is 72.8 Å². The van der Waals surface area contributed by atoms with Crippen LogP contribution in [0.4, 0.5) is 0 Å². The molecule has 0 amide bonds. The lowest BCUT2D eigenvalue weighted by atomic mass is 10.0. The molecule has 0 aliphatic rings. The molecule has 0 atom stereocenters. The molecule has 0 aliphatic carbocycles. The zero-order valence-electron chi connectivity index (χ0n) is 12.8. The molecule has 2 heterocycles. The maximum atomic E-state index is 3.66. The zero-order chi connectivity index (χ0) is 15.7. The maximum Gasteiger partial charge on any atom is 0.0544 e. The summed E-state index contributed by atoms with van der Waals surface area (Å²) in [5.41, 5.74) is 2.46. The summed E-state index contributed by atoms with van der Waals surface area (Å²) in [6.45, 7) is 0. The fraction of sp³-hybridized carbons (Fsp3) is 0. The quantitative estimate of drug-likeness (QED) is 0.315. The Kier molecular flexibility index (Phi) is 2.29. The number of thiophene rings is 1. The van der Waals surface area contributed by atoms with Crippen LogP contribution in [0.3, 0.4) is 0 Å². The van der Waals surface area contributed by atoms with E-state index in [4.69, 9.17) is 0 Å². The summed E-state index contributed by atoms with van der Waals surface area (Å²) in [5, 5.41) is 7.91. The molecule has 6 rings (SSSR count). The van der Waals surface area contributed by atoms with Gasteiger partial charge in [0.2, 0.25) is 0 Å². The molecule has 0 saturated carbocycles. The molecule has 0 fully saturated rings. The maximum absolute atomic E-state index is 3.66. The highest BCUT2D eigenvalue weighted by Crippen LogP contribution is 2.39. The summed E-state index contributed by atoms with van der Waals surface area (Å²) in [6.07, 6.45) is 0. The van der Waals surface area contributed by atoms with Gasteiger partial charge in [-0.25, -0.2) is 0 Å². The van der Waals surface area contributed by atoms with Gasteiger partial charge in [0.1, 0.15) is 0 Å². The summed E-state index contributed by atoms with van der Waals surface area (Å²) < 4.78 is 2.70. The molecule has 0 unspecified atom stereocenters. The van der Waals surface area contributed by atoms with E-state index in [2.05, 4.69) is 77.8 Å². The number of aromatic nitrogens is 1. The molecular weight excluding hydrogens is 310 g/mol. The summed E-state index contributed by atoms with van der Waals surface area (Å²) in [5.74, 6) is 0. The number of hydrogen-bond acceptors (Lipinski definition) is 1. The molecule has 112 valence electrons. The molecule has 0 aliphatic heterocycles. The Balaban J connectivity index is 1.84. The first-order chi connectivity index (χ1) is 11.9. The third kappa shape index (κ3) is 1.53. The summed E-state index contributed by atoms with van der Waals surface area (Å²) in [4.78, 5) is 3.66. The Hall–Kier alpha value is -2.84. The van der Waals surface area contributed by atoms with Gasteiger partial charge in [-0.3, -0.25) is 0 Å². The van der Waals surface area contributed by atoms with Crippen LogP contribution >= 0.6 is 11.3 Å². The zero-order valence-corrected chi connectivity index (χ0v) is 13.7. The Morgan fingerprint density at radius 1 is 0.583 bits per heavy atom. The lowest BCUT2D eigenvalue weighted by molar-refractivity contribution is 1.58. The molecule has 0 saturated heterocycles. The number of fused-ring (bicyclic) bond motifs is 8. The van der Waals surface area contributed by atoms with E-state index in [0.29, 0.717) is 0 Å².